The molecule has 0 N–H and O–H groups in total. The summed E-state index contributed by atoms with van der Waals surface area (Å²) < 4.78 is 11.2. The molecule has 2 rings (SSSR count). The van der Waals surface area contributed by atoms with Crippen LogP contribution < -0.4 is 4.74 Å². The average Bonchev–Trinajstić information content (AvgIpc) is 3.39. The van der Waals surface area contributed by atoms with Crippen molar-refractivity contribution in [2.45, 2.75) is 90.1 Å². The third-order valence-electron chi connectivity index (χ3n) is 5.06. The highest BCUT2D eigenvalue weighted by atomic mass is 16.6. The Morgan fingerprint density at radius 3 is 2.42 bits per heavy atom. The van der Waals surface area contributed by atoms with Crippen molar-refractivity contribution in [2.24, 2.45) is 0 Å². The molecule has 0 saturated carbocycles. The van der Waals surface area contributed by atoms with Gasteiger partial charge in [0, 0.05) is 0 Å². The fourth-order valence-electron chi connectivity index (χ4n) is 3.09. The number of unbranched alkanes of at least 4 members (excludes halogenated alkanes) is 8. The second-order valence-electron chi connectivity index (χ2n) is 7.95. The Balaban J connectivity index is 1.46. The summed E-state index contributed by atoms with van der Waals surface area (Å²) in [4.78, 5) is 0. The van der Waals surface area contributed by atoms with E-state index in [1.165, 1.54) is 69.8 Å². The maximum absolute atomic E-state index is 5.86. The molecular formula is C24H38O2. The highest BCUT2D eigenvalue weighted by Crippen LogP contribution is 2.27. The second-order valence-corrected chi connectivity index (χ2v) is 7.95. The standard InChI is InChI=1S/C24H38O2/c1-3-4-5-6-7-8-9-10-11-12-13-14-16-22-17-15-18-23(19-22)25-20-24(2)21-26-24/h6-7,15,17-19H,3-5,8-14,16,20-21H2,1-2H3/b7-6+. The van der Waals surface area contributed by atoms with E-state index in [0.717, 1.165) is 18.8 Å². The number of ether oxygens (including phenoxy) is 2. The molecule has 0 bridgehead atoms. The van der Waals surface area contributed by atoms with Gasteiger partial charge in [0.2, 0.25) is 0 Å². The van der Waals surface area contributed by atoms with Crippen LogP contribution in [0.4, 0.5) is 0 Å². The van der Waals surface area contributed by atoms with Crippen molar-refractivity contribution in [2.75, 3.05) is 13.2 Å². The normalized spacial score (nSPS) is 19.2. The van der Waals surface area contributed by atoms with Gasteiger partial charge in [-0.2, -0.15) is 0 Å². The van der Waals surface area contributed by atoms with Gasteiger partial charge in [0.25, 0.3) is 0 Å². The van der Waals surface area contributed by atoms with Gasteiger partial charge in [-0.1, -0.05) is 69.7 Å². The zero-order chi connectivity index (χ0) is 18.5. The lowest BCUT2D eigenvalue weighted by atomic mass is 10.0. The van der Waals surface area contributed by atoms with Crippen LogP contribution in [0.2, 0.25) is 0 Å². The van der Waals surface area contributed by atoms with E-state index >= 15 is 0 Å². The van der Waals surface area contributed by atoms with Gasteiger partial charge >= 0.3 is 0 Å². The van der Waals surface area contributed by atoms with Crippen molar-refractivity contribution >= 4 is 0 Å². The van der Waals surface area contributed by atoms with Crippen molar-refractivity contribution in [3.05, 3.63) is 42.0 Å². The number of allylic oxidation sites excluding steroid dienone is 2. The molecule has 0 aliphatic carbocycles. The van der Waals surface area contributed by atoms with Gasteiger partial charge in [-0.05, 0) is 56.7 Å². The summed E-state index contributed by atoms with van der Waals surface area (Å²) in [6, 6.07) is 8.56. The summed E-state index contributed by atoms with van der Waals surface area (Å²) in [6.07, 6.45) is 19.1. The van der Waals surface area contributed by atoms with Crippen molar-refractivity contribution in [3.63, 3.8) is 0 Å². The molecule has 146 valence electrons. The fourth-order valence-corrected chi connectivity index (χ4v) is 3.09. The monoisotopic (exact) mass is 358 g/mol. The first-order chi connectivity index (χ1) is 12.7. The zero-order valence-corrected chi connectivity index (χ0v) is 17.0. The Hall–Kier alpha value is -1.28. The summed E-state index contributed by atoms with van der Waals surface area (Å²) in [5.41, 5.74) is 1.35. The molecule has 1 heterocycles. The predicted molar refractivity (Wildman–Crippen MR) is 111 cm³/mol. The number of rotatable bonds is 15. The summed E-state index contributed by atoms with van der Waals surface area (Å²) in [5.74, 6) is 0.978. The minimum atomic E-state index is -0.0404. The SMILES string of the molecule is CCCC/C=C/CCCCCCCCc1cccc(OCC2(C)CO2)c1. The molecule has 1 saturated heterocycles. The average molecular weight is 359 g/mol. The molecule has 2 heteroatoms. The fraction of sp³-hybridized carbons (Fsp3) is 0.667. The van der Waals surface area contributed by atoms with Gasteiger partial charge in [0.15, 0.2) is 0 Å². The van der Waals surface area contributed by atoms with Gasteiger partial charge in [0.05, 0.1) is 6.61 Å². The van der Waals surface area contributed by atoms with Gasteiger partial charge in [0.1, 0.15) is 18.0 Å². The van der Waals surface area contributed by atoms with E-state index in [1.807, 2.05) is 6.07 Å². The molecule has 1 unspecified atom stereocenters. The number of hydrogen-bond acceptors (Lipinski definition) is 2. The van der Waals surface area contributed by atoms with Crippen LogP contribution in [-0.2, 0) is 11.2 Å². The van der Waals surface area contributed by atoms with E-state index in [2.05, 4.69) is 44.2 Å². The van der Waals surface area contributed by atoms with Crippen molar-refractivity contribution in [1.29, 1.82) is 0 Å². The molecule has 1 aromatic rings. The molecular weight excluding hydrogens is 320 g/mol. The highest BCUT2D eigenvalue weighted by Gasteiger charge is 2.40. The predicted octanol–water partition coefficient (Wildman–Crippen LogP) is 6.87. The lowest BCUT2D eigenvalue weighted by Crippen LogP contribution is -2.16. The quantitative estimate of drug-likeness (QED) is 0.194. The van der Waals surface area contributed by atoms with E-state index in [4.69, 9.17) is 9.47 Å². The zero-order valence-electron chi connectivity index (χ0n) is 17.0. The maximum atomic E-state index is 5.86. The van der Waals surface area contributed by atoms with Crippen molar-refractivity contribution < 1.29 is 9.47 Å². The summed E-state index contributed by atoms with van der Waals surface area (Å²) in [6.45, 7) is 5.83. The van der Waals surface area contributed by atoms with Crippen molar-refractivity contribution in [1.82, 2.24) is 0 Å². The van der Waals surface area contributed by atoms with Crippen LogP contribution in [0.5, 0.6) is 5.75 Å². The molecule has 26 heavy (non-hydrogen) atoms. The first-order valence-electron chi connectivity index (χ1n) is 10.7. The van der Waals surface area contributed by atoms with E-state index < -0.39 is 0 Å². The molecule has 1 aliphatic heterocycles. The Labute approximate surface area is 161 Å². The highest BCUT2D eigenvalue weighted by molar-refractivity contribution is 5.28. The number of aryl methyl sites for hydroxylation is 1. The first-order valence-corrected chi connectivity index (χ1v) is 10.7. The van der Waals surface area contributed by atoms with E-state index in [0.29, 0.717) is 6.61 Å². The van der Waals surface area contributed by atoms with Crippen LogP contribution in [0.15, 0.2) is 36.4 Å². The minimum absolute atomic E-state index is 0.0404. The van der Waals surface area contributed by atoms with Crippen LogP contribution in [0.3, 0.4) is 0 Å². The van der Waals surface area contributed by atoms with E-state index in [-0.39, 0.29) is 5.60 Å². The maximum Gasteiger partial charge on any atom is 0.123 e. The molecule has 1 aromatic carbocycles. The lowest BCUT2D eigenvalue weighted by Gasteiger charge is -2.10. The molecule has 1 atom stereocenters. The van der Waals surface area contributed by atoms with Gasteiger partial charge < -0.3 is 9.47 Å². The summed E-state index contributed by atoms with van der Waals surface area (Å²) in [5, 5.41) is 0. The number of hydrogen-bond donors (Lipinski definition) is 0. The topological polar surface area (TPSA) is 21.8 Å². The van der Waals surface area contributed by atoms with Gasteiger partial charge in [-0.3, -0.25) is 0 Å². The Morgan fingerprint density at radius 1 is 1.00 bits per heavy atom. The van der Waals surface area contributed by atoms with Crippen LogP contribution in [0.1, 0.15) is 83.6 Å². The summed E-state index contributed by atoms with van der Waals surface area (Å²) >= 11 is 0. The molecule has 0 amide bonds. The molecule has 0 radical (unpaired) electrons. The first kappa shape index (κ1) is 21.0. The van der Waals surface area contributed by atoms with Crippen LogP contribution in [0, 0.1) is 0 Å². The minimum Gasteiger partial charge on any atom is -0.490 e. The van der Waals surface area contributed by atoms with Crippen LogP contribution >= 0.6 is 0 Å². The second kappa shape index (κ2) is 12.2. The Kier molecular flexibility index (Phi) is 9.84. The summed E-state index contributed by atoms with van der Waals surface area (Å²) in [7, 11) is 0. The molecule has 2 nitrogen and oxygen atoms in total. The molecule has 1 fully saturated rings. The third kappa shape index (κ3) is 9.43. The van der Waals surface area contributed by atoms with Crippen LogP contribution in [0.25, 0.3) is 0 Å². The molecule has 0 spiro atoms. The molecule has 0 aromatic heterocycles. The largest absolute Gasteiger partial charge is 0.490 e. The smallest absolute Gasteiger partial charge is 0.123 e. The van der Waals surface area contributed by atoms with Gasteiger partial charge in [-0.25, -0.2) is 0 Å². The number of benzene rings is 1. The van der Waals surface area contributed by atoms with E-state index in [1.54, 1.807) is 0 Å². The molecule has 1 aliphatic rings. The Morgan fingerprint density at radius 2 is 1.69 bits per heavy atom. The number of epoxide rings is 1. The Bertz CT molecular complexity index is 517. The van der Waals surface area contributed by atoms with Crippen molar-refractivity contribution in [3.8, 4) is 5.75 Å². The van der Waals surface area contributed by atoms with Gasteiger partial charge in [-0.15, -0.1) is 0 Å². The van der Waals surface area contributed by atoms with Crippen LogP contribution in [-0.4, -0.2) is 18.8 Å². The third-order valence-corrected chi connectivity index (χ3v) is 5.06. The lowest BCUT2D eigenvalue weighted by molar-refractivity contribution is 0.202. The van der Waals surface area contributed by atoms with E-state index in [9.17, 15) is 0 Å².